The van der Waals surface area contributed by atoms with Crippen LogP contribution in [-0.4, -0.2) is 32.0 Å². The van der Waals surface area contributed by atoms with Crippen molar-refractivity contribution in [1.29, 1.82) is 0 Å². The molecule has 5 heteroatoms. The Balaban J connectivity index is 2.24. The number of nitrogens with one attached hydrogen (secondary N) is 1. The molecule has 0 aliphatic rings. The first-order valence-corrected chi connectivity index (χ1v) is 5.39. The number of rotatable bonds is 6. The van der Waals surface area contributed by atoms with Crippen LogP contribution in [-0.2, 0) is 4.79 Å². The average Bonchev–Trinajstić information content (AvgIpc) is 2.35. The van der Waals surface area contributed by atoms with Crippen LogP contribution in [0.25, 0.3) is 0 Å². The minimum atomic E-state index is -0.194. The molecule has 1 N–H and O–H groups in total. The first-order valence-electron chi connectivity index (χ1n) is 4.86. The van der Waals surface area contributed by atoms with Gasteiger partial charge in [-0.15, -0.1) is 11.6 Å². The average molecular weight is 244 g/mol. The van der Waals surface area contributed by atoms with E-state index in [1.807, 2.05) is 24.3 Å². The van der Waals surface area contributed by atoms with E-state index in [1.165, 1.54) is 0 Å². The molecule has 1 aromatic carbocycles. The third kappa shape index (κ3) is 4.40. The monoisotopic (exact) mass is 243 g/mol. The van der Waals surface area contributed by atoms with Crippen molar-refractivity contribution in [1.82, 2.24) is 5.32 Å². The number of carbonyl (C=O) groups is 1. The lowest BCUT2D eigenvalue weighted by Crippen LogP contribution is -2.28. The molecule has 0 fully saturated rings. The fourth-order valence-electron chi connectivity index (χ4n) is 1.08. The molecular weight excluding hydrogens is 230 g/mol. The zero-order valence-electron chi connectivity index (χ0n) is 9.03. The number of carbonyl (C=O) groups excluding carboxylic acids is 1. The van der Waals surface area contributed by atoms with E-state index in [2.05, 4.69) is 5.32 Å². The van der Waals surface area contributed by atoms with Crippen LogP contribution in [0.1, 0.15) is 0 Å². The van der Waals surface area contributed by atoms with Gasteiger partial charge in [0.25, 0.3) is 0 Å². The van der Waals surface area contributed by atoms with Crippen LogP contribution in [0.15, 0.2) is 24.3 Å². The molecule has 1 amide bonds. The molecule has 4 nitrogen and oxygen atoms in total. The highest BCUT2D eigenvalue weighted by Gasteiger charge is 1.98. The van der Waals surface area contributed by atoms with E-state index in [4.69, 9.17) is 21.1 Å². The van der Waals surface area contributed by atoms with Crippen LogP contribution >= 0.6 is 11.6 Å². The molecule has 0 saturated heterocycles. The van der Waals surface area contributed by atoms with Crippen molar-refractivity contribution in [2.75, 3.05) is 26.1 Å². The summed E-state index contributed by atoms with van der Waals surface area (Å²) in [5.74, 6) is 1.30. The number of ether oxygens (including phenoxy) is 2. The summed E-state index contributed by atoms with van der Waals surface area (Å²) < 4.78 is 10.4. The van der Waals surface area contributed by atoms with Gasteiger partial charge >= 0.3 is 0 Å². The van der Waals surface area contributed by atoms with Crippen molar-refractivity contribution >= 4 is 17.5 Å². The maximum Gasteiger partial charge on any atom is 0.235 e. The molecule has 1 rings (SSSR count). The highest BCUT2D eigenvalue weighted by atomic mass is 35.5. The van der Waals surface area contributed by atoms with Crippen LogP contribution in [0.2, 0.25) is 0 Å². The second-order valence-corrected chi connectivity index (χ2v) is 3.27. The minimum Gasteiger partial charge on any atom is -0.497 e. The van der Waals surface area contributed by atoms with E-state index in [0.29, 0.717) is 13.2 Å². The number of hydrogen-bond donors (Lipinski definition) is 1. The standard InChI is InChI=1S/C11H14ClNO3/c1-15-9-2-4-10(5-3-9)16-7-6-13-11(14)8-12/h2-5H,6-8H2,1H3,(H,13,14). The third-order valence-corrected chi connectivity index (χ3v) is 2.12. The van der Waals surface area contributed by atoms with Gasteiger partial charge in [-0.05, 0) is 24.3 Å². The Bertz CT molecular complexity index is 327. The molecule has 0 unspecified atom stereocenters. The van der Waals surface area contributed by atoms with Crippen LogP contribution < -0.4 is 14.8 Å². The van der Waals surface area contributed by atoms with Gasteiger partial charge in [0.2, 0.25) is 5.91 Å². The van der Waals surface area contributed by atoms with Crippen LogP contribution in [0.3, 0.4) is 0 Å². The largest absolute Gasteiger partial charge is 0.497 e. The molecule has 0 spiro atoms. The summed E-state index contributed by atoms with van der Waals surface area (Å²) >= 11 is 5.31. The van der Waals surface area contributed by atoms with E-state index in [-0.39, 0.29) is 11.8 Å². The van der Waals surface area contributed by atoms with E-state index >= 15 is 0 Å². The number of alkyl halides is 1. The topological polar surface area (TPSA) is 47.6 Å². The first kappa shape index (κ1) is 12.6. The first-order chi connectivity index (χ1) is 7.76. The highest BCUT2D eigenvalue weighted by Crippen LogP contribution is 2.16. The second kappa shape index (κ2) is 6.95. The molecule has 1 aromatic rings. The summed E-state index contributed by atoms with van der Waals surface area (Å²) in [5.41, 5.74) is 0. The predicted molar refractivity (Wildman–Crippen MR) is 62.2 cm³/mol. The molecule has 0 aromatic heterocycles. The Morgan fingerprint density at radius 2 is 1.94 bits per heavy atom. The van der Waals surface area contributed by atoms with E-state index in [1.54, 1.807) is 7.11 Å². The molecule has 0 bridgehead atoms. The number of methoxy groups -OCH3 is 1. The van der Waals surface area contributed by atoms with Gasteiger partial charge in [-0.3, -0.25) is 4.79 Å². The molecule has 0 heterocycles. The molecule has 88 valence electrons. The molecule has 0 radical (unpaired) electrons. The SMILES string of the molecule is COc1ccc(OCCNC(=O)CCl)cc1. The molecular formula is C11H14ClNO3. The lowest BCUT2D eigenvalue weighted by molar-refractivity contribution is -0.118. The van der Waals surface area contributed by atoms with Crippen LogP contribution in [0, 0.1) is 0 Å². The Labute approximate surface area is 99.5 Å². The molecule has 0 aliphatic carbocycles. The predicted octanol–water partition coefficient (Wildman–Crippen LogP) is 1.43. The van der Waals surface area contributed by atoms with Crippen molar-refractivity contribution in [3.8, 4) is 11.5 Å². The van der Waals surface area contributed by atoms with Crippen molar-refractivity contribution < 1.29 is 14.3 Å². The van der Waals surface area contributed by atoms with Gasteiger partial charge in [0.1, 0.15) is 24.0 Å². The van der Waals surface area contributed by atoms with E-state index < -0.39 is 0 Å². The highest BCUT2D eigenvalue weighted by molar-refractivity contribution is 6.27. The van der Waals surface area contributed by atoms with Gasteiger partial charge in [-0.2, -0.15) is 0 Å². The summed E-state index contributed by atoms with van der Waals surface area (Å²) in [6.45, 7) is 0.854. The summed E-state index contributed by atoms with van der Waals surface area (Å²) in [4.78, 5) is 10.8. The van der Waals surface area contributed by atoms with Gasteiger partial charge < -0.3 is 14.8 Å². The van der Waals surface area contributed by atoms with Crippen LogP contribution in [0.5, 0.6) is 11.5 Å². The quantitative estimate of drug-likeness (QED) is 0.607. The number of benzene rings is 1. The van der Waals surface area contributed by atoms with Gasteiger partial charge in [0, 0.05) is 0 Å². The smallest absolute Gasteiger partial charge is 0.235 e. The maximum absolute atomic E-state index is 10.8. The van der Waals surface area contributed by atoms with E-state index in [0.717, 1.165) is 11.5 Å². The normalized spacial score (nSPS) is 9.62. The number of amides is 1. The number of halogens is 1. The lowest BCUT2D eigenvalue weighted by Gasteiger charge is -2.07. The summed E-state index contributed by atoms with van der Waals surface area (Å²) in [6, 6.07) is 7.24. The van der Waals surface area contributed by atoms with Crippen molar-refractivity contribution in [3.63, 3.8) is 0 Å². The van der Waals surface area contributed by atoms with Crippen molar-refractivity contribution in [2.24, 2.45) is 0 Å². The van der Waals surface area contributed by atoms with Crippen molar-refractivity contribution in [2.45, 2.75) is 0 Å². The number of hydrogen-bond acceptors (Lipinski definition) is 3. The Morgan fingerprint density at radius 1 is 1.31 bits per heavy atom. The fraction of sp³-hybridized carbons (Fsp3) is 0.364. The molecule has 0 aliphatic heterocycles. The summed E-state index contributed by atoms with van der Waals surface area (Å²) in [6.07, 6.45) is 0. The molecule has 16 heavy (non-hydrogen) atoms. The Morgan fingerprint density at radius 3 is 2.50 bits per heavy atom. The third-order valence-electron chi connectivity index (χ3n) is 1.87. The summed E-state index contributed by atoms with van der Waals surface area (Å²) in [7, 11) is 1.61. The fourth-order valence-corrected chi connectivity index (χ4v) is 1.17. The minimum absolute atomic E-state index is 0.0253. The molecule has 0 atom stereocenters. The lowest BCUT2D eigenvalue weighted by atomic mass is 10.3. The maximum atomic E-state index is 10.8. The Kier molecular flexibility index (Phi) is 5.50. The van der Waals surface area contributed by atoms with Crippen molar-refractivity contribution in [3.05, 3.63) is 24.3 Å². The second-order valence-electron chi connectivity index (χ2n) is 3.01. The Hall–Kier alpha value is -1.42. The zero-order chi connectivity index (χ0) is 11.8. The summed E-state index contributed by atoms with van der Waals surface area (Å²) in [5, 5.41) is 2.60. The molecule has 0 saturated carbocycles. The van der Waals surface area contributed by atoms with Gasteiger partial charge in [-0.1, -0.05) is 0 Å². The zero-order valence-corrected chi connectivity index (χ0v) is 9.79. The van der Waals surface area contributed by atoms with Gasteiger partial charge in [0.05, 0.1) is 13.7 Å². The van der Waals surface area contributed by atoms with E-state index in [9.17, 15) is 4.79 Å². The van der Waals surface area contributed by atoms with Gasteiger partial charge in [0.15, 0.2) is 0 Å². The van der Waals surface area contributed by atoms with Crippen LogP contribution in [0.4, 0.5) is 0 Å². The van der Waals surface area contributed by atoms with Gasteiger partial charge in [-0.25, -0.2) is 0 Å².